The summed E-state index contributed by atoms with van der Waals surface area (Å²) in [5, 5.41) is 0. The van der Waals surface area contributed by atoms with E-state index in [2.05, 4.69) is 30.3 Å². The molecule has 2 nitrogen and oxygen atoms in total. The summed E-state index contributed by atoms with van der Waals surface area (Å²) in [6.45, 7) is 0. The number of hydrogen-bond acceptors (Lipinski definition) is 2. The van der Waals surface area contributed by atoms with Crippen LogP contribution >= 0.6 is 0 Å². The predicted molar refractivity (Wildman–Crippen MR) is 93.1 cm³/mol. The lowest BCUT2D eigenvalue weighted by Crippen LogP contribution is -2.08. The Morgan fingerprint density at radius 3 is 2.46 bits per heavy atom. The average Bonchev–Trinajstić information content (AvgIpc) is 3.35. The number of fused-ring (bicyclic) bond motifs is 3. The lowest BCUT2D eigenvalue weighted by molar-refractivity contribution is 0.0953. The minimum absolute atomic E-state index is 0.0857. The summed E-state index contributed by atoms with van der Waals surface area (Å²) in [4.78, 5) is 12.7. The molecule has 2 atom stereocenters. The molecular formula is C22H16O2. The Morgan fingerprint density at radius 2 is 1.58 bits per heavy atom. The zero-order chi connectivity index (χ0) is 16.1. The maximum absolute atomic E-state index is 12.7. The van der Waals surface area contributed by atoms with Crippen molar-refractivity contribution >= 4 is 5.78 Å². The minimum Gasteiger partial charge on any atom is -0.356 e. The quantitative estimate of drug-likeness (QED) is 0.409. The van der Waals surface area contributed by atoms with Crippen molar-refractivity contribution in [1.29, 1.82) is 0 Å². The van der Waals surface area contributed by atoms with Crippen LogP contribution in [-0.2, 0) is 11.2 Å². The molecule has 5 rings (SSSR count). The summed E-state index contributed by atoms with van der Waals surface area (Å²) in [6.07, 6.45) is 0.471. The highest BCUT2D eigenvalue weighted by atomic mass is 16.6. The largest absolute Gasteiger partial charge is 0.356 e. The highest BCUT2D eigenvalue weighted by molar-refractivity contribution is 6.02. The zero-order valence-corrected chi connectivity index (χ0v) is 13.1. The van der Waals surface area contributed by atoms with Gasteiger partial charge in [-0.25, -0.2) is 0 Å². The summed E-state index contributed by atoms with van der Waals surface area (Å²) in [5.41, 5.74) is 6.94. The lowest BCUT2D eigenvalue weighted by Gasteiger charge is -2.03. The number of carbonyl (C=O) groups excluding carboxylic acids is 1. The molecule has 116 valence electrons. The van der Waals surface area contributed by atoms with Gasteiger partial charge in [0.25, 0.3) is 0 Å². The third kappa shape index (κ3) is 2.11. The molecule has 3 aromatic rings. The molecule has 0 amide bonds. The van der Waals surface area contributed by atoms with E-state index in [1.807, 2.05) is 42.5 Å². The van der Waals surface area contributed by atoms with Gasteiger partial charge < -0.3 is 4.74 Å². The van der Waals surface area contributed by atoms with E-state index in [1.165, 1.54) is 22.3 Å². The monoisotopic (exact) mass is 312 g/mol. The number of hydrogen-bond donors (Lipinski definition) is 0. The SMILES string of the molecule is O=C(c1ccc2c(c1)Cc1ccccc1-2)[C@@H]1O[C@@H]1c1ccccc1. The summed E-state index contributed by atoms with van der Waals surface area (Å²) in [5.74, 6) is 0.0857. The molecule has 2 heteroatoms. The van der Waals surface area contributed by atoms with E-state index < -0.39 is 0 Å². The van der Waals surface area contributed by atoms with Crippen molar-refractivity contribution in [2.75, 3.05) is 0 Å². The second kappa shape index (κ2) is 5.15. The molecule has 0 saturated carbocycles. The molecule has 2 aliphatic rings. The van der Waals surface area contributed by atoms with Gasteiger partial charge in [-0.3, -0.25) is 4.79 Å². The van der Waals surface area contributed by atoms with Crippen molar-refractivity contribution in [3.63, 3.8) is 0 Å². The molecule has 1 saturated heterocycles. The molecule has 0 bridgehead atoms. The number of ether oxygens (including phenoxy) is 1. The molecule has 1 aliphatic heterocycles. The van der Waals surface area contributed by atoms with Crippen LogP contribution in [0.15, 0.2) is 72.8 Å². The van der Waals surface area contributed by atoms with Crippen molar-refractivity contribution < 1.29 is 9.53 Å². The fourth-order valence-corrected chi connectivity index (χ4v) is 3.67. The molecule has 0 aromatic heterocycles. The van der Waals surface area contributed by atoms with Crippen molar-refractivity contribution in [3.8, 4) is 11.1 Å². The summed E-state index contributed by atoms with van der Waals surface area (Å²) in [7, 11) is 0. The van der Waals surface area contributed by atoms with Crippen LogP contribution in [-0.4, -0.2) is 11.9 Å². The summed E-state index contributed by atoms with van der Waals surface area (Å²) < 4.78 is 5.65. The molecule has 1 fully saturated rings. The van der Waals surface area contributed by atoms with Crippen LogP contribution in [0.25, 0.3) is 11.1 Å². The van der Waals surface area contributed by atoms with Crippen LogP contribution in [0.1, 0.15) is 33.2 Å². The van der Waals surface area contributed by atoms with Gasteiger partial charge in [0.2, 0.25) is 0 Å². The molecule has 0 unspecified atom stereocenters. The van der Waals surface area contributed by atoms with Gasteiger partial charge in [0.1, 0.15) is 6.10 Å². The van der Waals surface area contributed by atoms with Crippen molar-refractivity contribution in [3.05, 3.63) is 95.1 Å². The highest BCUT2D eigenvalue weighted by Gasteiger charge is 2.46. The molecular weight excluding hydrogens is 296 g/mol. The summed E-state index contributed by atoms with van der Waals surface area (Å²) >= 11 is 0. The van der Waals surface area contributed by atoms with Crippen molar-refractivity contribution in [1.82, 2.24) is 0 Å². The van der Waals surface area contributed by atoms with E-state index in [-0.39, 0.29) is 18.0 Å². The molecule has 0 spiro atoms. The Balaban J connectivity index is 1.41. The first-order chi connectivity index (χ1) is 11.8. The van der Waals surface area contributed by atoms with Crippen LogP contribution in [0.5, 0.6) is 0 Å². The van der Waals surface area contributed by atoms with Crippen LogP contribution in [0.3, 0.4) is 0 Å². The molecule has 0 radical (unpaired) electrons. The van der Waals surface area contributed by atoms with E-state index >= 15 is 0 Å². The van der Waals surface area contributed by atoms with Gasteiger partial charge in [0.05, 0.1) is 0 Å². The maximum Gasteiger partial charge on any atom is 0.194 e. The van der Waals surface area contributed by atoms with Gasteiger partial charge in [-0.05, 0) is 40.3 Å². The first kappa shape index (κ1) is 13.7. The molecule has 1 aliphatic carbocycles. The van der Waals surface area contributed by atoms with Gasteiger partial charge in [-0.15, -0.1) is 0 Å². The highest BCUT2D eigenvalue weighted by Crippen LogP contribution is 2.42. The van der Waals surface area contributed by atoms with Gasteiger partial charge in [-0.2, -0.15) is 0 Å². The van der Waals surface area contributed by atoms with Crippen molar-refractivity contribution in [2.45, 2.75) is 18.6 Å². The summed E-state index contributed by atoms with van der Waals surface area (Å²) in [6, 6.07) is 24.5. The lowest BCUT2D eigenvalue weighted by atomic mass is 9.98. The van der Waals surface area contributed by atoms with E-state index in [4.69, 9.17) is 4.74 Å². The average molecular weight is 312 g/mol. The predicted octanol–water partition coefficient (Wildman–Crippen LogP) is 4.58. The Hall–Kier alpha value is -2.71. The van der Waals surface area contributed by atoms with E-state index in [1.54, 1.807) is 0 Å². The molecule has 24 heavy (non-hydrogen) atoms. The first-order valence-corrected chi connectivity index (χ1v) is 8.27. The minimum atomic E-state index is -0.339. The number of ketones is 1. The Morgan fingerprint density at radius 1 is 0.833 bits per heavy atom. The Bertz CT molecular complexity index is 943. The number of epoxide rings is 1. The van der Waals surface area contributed by atoms with Crippen LogP contribution in [0, 0.1) is 0 Å². The van der Waals surface area contributed by atoms with Crippen LogP contribution in [0.2, 0.25) is 0 Å². The number of carbonyl (C=O) groups is 1. The van der Waals surface area contributed by atoms with E-state index in [0.29, 0.717) is 0 Å². The molecule has 0 N–H and O–H groups in total. The second-order valence-corrected chi connectivity index (χ2v) is 6.46. The van der Waals surface area contributed by atoms with Crippen LogP contribution < -0.4 is 0 Å². The fraction of sp³-hybridized carbons (Fsp3) is 0.136. The second-order valence-electron chi connectivity index (χ2n) is 6.46. The third-order valence-electron chi connectivity index (χ3n) is 4.96. The standard InChI is InChI=1S/C22H16O2/c23-20(22-21(24-22)14-6-2-1-3-7-14)16-10-11-19-17(13-16)12-15-8-4-5-9-18(15)19/h1-11,13,21-22H,12H2/t21-,22+/m1/s1. The normalized spacial score (nSPS) is 20.3. The van der Waals surface area contributed by atoms with Crippen molar-refractivity contribution in [2.24, 2.45) is 0 Å². The fourth-order valence-electron chi connectivity index (χ4n) is 3.67. The van der Waals surface area contributed by atoms with Gasteiger partial charge in [-0.1, -0.05) is 66.7 Å². The van der Waals surface area contributed by atoms with E-state index in [0.717, 1.165) is 17.5 Å². The van der Waals surface area contributed by atoms with Crippen LogP contribution in [0.4, 0.5) is 0 Å². The van der Waals surface area contributed by atoms with Gasteiger partial charge >= 0.3 is 0 Å². The first-order valence-electron chi connectivity index (χ1n) is 8.27. The Kier molecular flexibility index (Phi) is 2.94. The van der Waals surface area contributed by atoms with Gasteiger partial charge in [0, 0.05) is 5.56 Å². The van der Waals surface area contributed by atoms with E-state index in [9.17, 15) is 4.79 Å². The van der Waals surface area contributed by atoms with Gasteiger partial charge in [0.15, 0.2) is 11.9 Å². The number of rotatable bonds is 3. The number of Topliss-reactive ketones (excluding diaryl/α,β-unsaturated/α-hetero) is 1. The number of benzene rings is 3. The smallest absolute Gasteiger partial charge is 0.194 e. The molecule has 1 heterocycles. The molecule has 3 aromatic carbocycles. The topological polar surface area (TPSA) is 29.6 Å². The maximum atomic E-state index is 12.7. The Labute approximate surface area is 140 Å². The zero-order valence-electron chi connectivity index (χ0n) is 13.1. The third-order valence-corrected chi connectivity index (χ3v) is 4.96.